The molecule has 0 aliphatic carbocycles. The SMILES string of the molecule is C=Cc1c(N)cc(-c2cccc3[nH]ccc23)cc1NC(=O)C(=C)/C=C\C=C(/N)CN1CCCC(C)(C)C1. The highest BCUT2D eigenvalue weighted by Gasteiger charge is 2.26. The van der Waals surface area contributed by atoms with Crippen molar-refractivity contribution in [2.75, 3.05) is 30.7 Å². The quantitative estimate of drug-likeness (QED) is 0.173. The summed E-state index contributed by atoms with van der Waals surface area (Å²) < 4.78 is 0. The summed E-state index contributed by atoms with van der Waals surface area (Å²) in [5.41, 5.74) is 18.7. The summed E-state index contributed by atoms with van der Waals surface area (Å²) >= 11 is 0. The summed E-state index contributed by atoms with van der Waals surface area (Å²) in [5.74, 6) is -0.319. The number of hydrogen-bond acceptors (Lipinski definition) is 4. The number of nitrogens with zero attached hydrogens (tertiary/aromatic N) is 1. The van der Waals surface area contributed by atoms with Gasteiger partial charge in [-0.15, -0.1) is 0 Å². The number of rotatable bonds is 8. The van der Waals surface area contributed by atoms with Crippen LogP contribution in [0.4, 0.5) is 11.4 Å². The van der Waals surface area contributed by atoms with Crippen LogP contribution in [0.25, 0.3) is 28.1 Å². The van der Waals surface area contributed by atoms with E-state index in [-0.39, 0.29) is 5.91 Å². The molecule has 3 aromatic rings. The Morgan fingerprint density at radius 2 is 2.08 bits per heavy atom. The van der Waals surface area contributed by atoms with Crippen LogP contribution < -0.4 is 16.8 Å². The van der Waals surface area contributed by atoms with Crippen molar-refractivity contribution >= 4 is 34.3 Å². The largest absolute Gasteiger partial charge is 0.401 e. The molecule has 1 fully saturated rings. The molecule has 192 valence electrons. The molecule has 1 amide bonds. The van der Waals surface area contributed by atoms with Crippen molar-refractivity contribution in [2.24, 2.45) is 11.1 Å². The molecule has 6 N–H and O–H groups in total. The number of hydrogen-bond donors (Lipinski definition) is 4. The van der Waals surface area contributed by atoms with Crippen LogP contribution in [0.3, 0.4) is 0 Å². The fourth-order valence-corrected chi connectivity index (χ4v) is 5.06. The van der Waals surface area contributed by atoms with Crippen LogP contribution in [0.5, 0.6) is 0 Å². The molecule has 0 bridgehead atoms. The van der Waals surface area contributed by atoms with E-state index in [1.807, 2.05) is 48.7 Å². The predicted molar refractivity (Wildman–Crippen MR) is 157 cm³/mol. The zero-order valence-electron chi connectivity index (χ0n) is 21.8. The highest BCUT2D eigenvalue weighted by Crippen LogP contribution is 2.35. The van der Waals surface area contributed by atoms with Gasteiger partial charge in [0.1, 0.15) is 0 Å². The van der Waals surface area contributed by atoms with Gasteiger partial charge in [0.15, 0.2) is 0 Å². The van der Waals surface area contributed by atoms with Crippen LogP contribution in [0, 0.1) is 5.41 Å². The number of carbonyl (C=O) groups is 1. The number of nitrogens with two attached hydrogens (primary N) is 2. The van der Waals surface area contributed by atoms with E-state index >= 15 is 0 Å². The van der Waals surface area contributed by atoms with E-state index < -0.39 is 0 Å². The fourth-order valence-electron chi connectivity index (χ4n) is 5.06. The van der Waals surface area contributed by atoms with Gasteiger partial charge in [0.25, 0.3) is 5.91 Å². The van der Waals surface area contributed by atoms with Gasteiger partial charge < -0.3 is 21.8 Å². The lowest BCUT2D eigenvalue weighted by molar-refractivity contribution is -0.112. The minimum atomic E-state index is -0.319. The smallest absolute Gasteiger partial charge is 0.255 e. The summed E-state index contributed by atoms with van der Waals surface area (Å²) in [5, 5.41) is 4.04. The molecule has 2 heterocycles. The monoisotopic (exact) mass is 495 g/mol. The van der Waals surface area contributed by atoms with Gasteiger partial charge in [-0.1, -0.05) is 51.3 Å². The number of benzene rings is 2. The van der Waals surface area contributed by atoms with Gasteiger partial charge in [0.05, 0.1) is 5.69 Å². The van der Waals surface area contributed by atoms with Crippen LogP contribution >= 0.6 is 0 Å². The maximum atomic E-state index is 13.0. The Bertz CT molecular complexity index is 1390. The first-order valence-electron chi connectivity index (χ1n) is 12.6. The average molecular weight is 496 g/mol. The third-order valence-electron chi connectivity index (χ3n) is 6.86. The number of piperidine rings is 1. The predicted octanol–water partition coefficient (Wildman–Crippen LogP) is 6.08. The third-order valence-corrected chi connectivity index (χ3v) is 6.86. The Kier molecular flexibility index (Phi) is 7.69. The second kappa shape index (κ2) is 10.9. The Morgan fingerprint density at radius 1 is 1.27 bits per heavy atom. The standard InChI is InChI=1S/C31H37N5O/c1-5-24-27(33)17-22(25-11-7-12-28-26(25)13-15-34-28)18-29(24)35-30(37)21(2)9-6-10-23(32)19-36-16-8-14-31(3,4)20-36/h5-7,9-13,15,17-18,34H,1-2,8,14,16,19-20,32-33H2,3-4H3,(H,35,37)/b9-6-,23-10-. The molecule has 1 aromatic heterocycles. The van der Waals surface area contributed by atoms with E-state index in [9.17, 15) is 4.79 Å². The van der Waals surface area contributed by atoms with Gasteiger partial charge in [0.2, 0.25) is 0 Å². The lowest BCUT2D eigenvalue weighted by Gasteiger charge is -2.38. The fraction of sp³-hybridized carbons (Fsp3) is 0.258. The van der Waals surface area contributed by atoms with Crippen LogP contribution in [-0.4, -0.2) is 35.4 Å². The molecule has 2 aromatic carbocycles. The lowest BCUT2D eigenvalue weighted by Crippen LogP contribution is -2.41. The van der Waals surface area contributed by atoms with Crippen LogP contribution in [-0.2, 0) is 4.79 Å². The molecule has 0 spiro atoms. The summed E-state index contributed by atoms with van der Waals surface area (Å²) in [6.45, 7) is 15.2. The molecular weight excluding hydrogens is 458 g/mol. The summed E-state index contributed by atoms with van der Waals surface area (Å²) in [6.07, 6.45) is 11.3. The first-order chi connectivity index (χ1) is 17.7. The van der Waals surface area contributed by atoms with Crippen molar-refractivity contribution in [2.45, 2.75) is 26.7 Å². The van der Waals surface area contributed by atoms with E-state index in [2.05, 4.69) is 42.2 Å². The molecule has 1 aliphatic rings. The molecule has 6 heteroatoms. The topological polar surface area (TPSA) is 100 Å². The van der Waals surface area contributed by atoms with E-state index in [0.717, 1.165) is 47.4 Å². The number of allylic oxidation sites excluding steroid dienone is 2. The number of anilines is 2. The molecule has 0 radical (unpaired) electrons. The zero-order chi connectivity index (χ0) is 26.6. The van der Waals surface area contributed by atoms with E-state index in [1.165, 1.54) is 12.8 Å². The average Bonchev–Trinajstić information content (AvgIpc) is 3.32. The molecule has 0 unspecified atom stereocenters. The minimum absolute atomic E-state index is 0.315. The van der Waals surface area contributed by atoms with Gasteiger partial charge >= 0.3 is 0 Å². The van der Waals surface area contributed by atoms with Crippen LogP contribution in [0.15, 0.2) is 85.3 Å². The van der Waals surface area contributed by atoms with Gasteiger partial charge in [-0.25, -0.2) is 0 Å². The molecular formula is C31H37N5O. The van der Waals surface area contributed by atoms with Crippen molar-refractivity contribution in [3.05, 3.63) is 90.8 Å². The normalized spacial score (nSPS) is 16.2. The number of amides is 1. The van der Waals surface area contributed by atoms with Gasteiger partial charge in [-0.05, 0) is 72.3 Å². The number of H-pyrrole nitrogens is 1. The second-order valence-corrected chi connectivity index (χ2v) is 10.5. The zero-order valence-corrected chi connectivity index (χ0v) is 21.8. The molecule has 1 aliphatic heterocycles. The number of aromatic amines is 1. The molecule has 0 saturated carbocycles. The molecule has 6 nitrogen and oxygen atoms in total. The van der Waals surface area contributed by atoms with Crippen molar-refractivity contribution in [3.63, 3.8) is 0 Å². The molecule has 37 heavy (non-hydrogen) atoms. The summed E-state index contributed by atoms with van der Waals surface area (Å²) in [7, 11) is 0. The van der Waals surface area contributed by atoms with Gasteiger partial charge in [0, 0.05) is 52.7 Å². The number of likely N-dealkylation sites (tertiary alicyclic amines) is 1. The van der Waals surface area contributed by atoms with Crippen molar-refractivity contribution in [1.82, 2.24) is 9.88 Å². The van der Waals surface area contributed by atoms with Gasteiger partial charge in [-0.3, -0.25) is 9.69 Å². The minimum Gasteiger partial charge on any atom is -0.401 e. The summed E-state index contributed by atoms with van der Waals surface area (Å²) in [6, 6.07) is 11.9. The summed E-state index contributed by atoms with van der Waals surface area (Å²) in [4.78, 5) is 18.6. The van der Waals surface area contributed by atoms with Crippen LogP contribution in [0.2, 0.25) is 0 Å². The van der Waals surface area contributed by atoms with Crippen molar-refractivity contribution < 1.29 is 4.79 Å². The van der Waals surface area contributed by atoms with E-state index in [0.29, 0.717) is 27.9 Å². The second-order valence-electron chi connectivity index (χ2n) is 10.5. The van der Waals surface area contributed by atoms with E-state index in [4.69, 9.17) is 11.5 Å². The van der Waals surface area contributed by atoms with Gasteiger partial charge in [-0.2, -0.15) is 0 Å². The highest BCUT2D eigenvalue weighted by molar-refractivity contribution is 6.07. The number of aromatic nitrogens is 1. The maximum Gasteiger partial charge on any atom is 0.255 e. The first kappa shape index (κ1) is 26.0. The molecule has 0 atom stereocenters. The third kappa shape index (κ3) is 6.22. The number of nitrogens with one attached hydrogen (secondary N) is 2. The van der Waals surface area contributed by atoms with Crippen LogP contribution in [0.1, 0.15) is 32.3 Å². The number of nitrogen functional groups attached to an aromatic ring is 1. The Morgan fingerprint density at radius 3 is 2.84 bits per heavy atom. The highest BCUT2D eigenvalue weighted by atomic mass is 16.1. The lowest BCUT2D eigenvalue weighted by atomic mass is 9.84. The molecule has 1 saturated heterocycles. The Balaban J connectivity index is 1.47. The Hall–Kier alpha value is -4.03. The Labute approximate surface area is 219 Å². The maximum absolute atomic E-state index is 13.0. The van der Waals surface area contributed by atoms with Crippen molar-refractivity contribution in [3.8, 4) is 11.1 Å². The number of fused-ring (bicyclic) bond motifs is 1. The molecule has 4 rings (SSSR count). The van der Waals surface area contributed by atoms with Crippen molar-refractivity contribution in [1.29, 1.82) is 0 Å². The number of carbonyl (C=O) groups excluding carboxylic acids is 1. The first-order valence-corrected chi connectivity index (χ1v) is 12.6. The van der Waals surface area contributed by atoms with E-state index in [1.54, 1.807) is 18.2 Å².